The Morgan fingerprint density at radius 1 is 0.800 bits per heavy atom. The van der Waals surface area contributed by atoms with Crippen molar-refractivity contribution in [3.63, 3.8) is 0 Å². The van der Waals surface area contributed by atoms with Gasteiger partial charge in [0.1, 0.15) is 5.60 Å². The number of amides is 1. The minimum absolute atomic E-state index is 0.00930. The number of hydrogen-bond donors (Lipinski definition) is 0. The highest BCUT2D eigenvalue weighted by atomic mass is 28.4. The minimum atomic E-state index is -1.71. The van der Waals surface area contributed by atoms with Crippen LogP contribution in [-0.4, -0.2) is 57.7 Å². The Morgan fingerprint density at radius 2 is 1.26 bits per heavy atom. The maximum absolute atomic E-state index is 13.1. The van der Waals surface area contributed by atoms with Gasteiger partial charge in [-0.1, -0.05) is 20.8 Å². The smallest absolute Gasteiger partial charge is 0.410 e. The van der Waals surface area contributed by atoms with Crippen molar-refractivity contribution >= 4 is 20.4 Å². The quantitative estimate of drug-likeness (QED) is 0.258. The first-order valence-electron chi connectivity index (χ1n) is 13.8. The maximum atomic E-state index is 13.1. The number of ether oxygens (including phenoxy) is 2. The molecule has 0 atom stereocenters. The molecule has 0 heterocycles. The minimum Gasteiger partial charge on any atom is -0.469 e. The number of carbonyl (C=O) groups is 2. The summed E-state index contributed by atoms with van der Waals surface area (Å²) in [4.78, 5) is 27.0. The highest BCUT2D eigenvalue weighted by molar-refractivity contribution is 6.74. The average Bonchev–Trinajstić information content (AvgIpc) is 2.76. The lowest BCUT2D eigenvalue weighted by Gasteiger charge is -2.39. The van der Waals surface area contributed by atoms with Crippen molar-refractivity contribution in [2.75, 3.05) is 26.8 Å². The molecule has 0 unspecified atom stereocenters. The summed E-state index contributed by atoms with van der Waals surface area (Å²) in [5, 5.41) is 0.244. The van der Waals surface area contributed by atoms with Gasteiger partial charge in [-0.25, -0.2) is 4.79 Å². The monoisotopic (exact) mass is 511 g/mol. The first kappa shape index (κ1) is 30.1. The molecule has 0 aromatic heterocycles. The normalized spacial score (nSPS) is 26.2. The Balaban J connectivity index is 1.90. The molecular formula is C28H53NO5Si. The van der Waals surface area contributed by atoms with E-state index in [1.165, 1.54) is 20.0 Å². The summed E-state index contributed by atoms with van der Waals surface area (Å²) >= 11 is 0. The van der Waals surface area contributed by atoms with E-state index in [2.05, 4.69) is 33.9 Å². The van der Waals surface area contributed by atoms with Crippen LogP contribution in [0.1, 0.15) is 92.9 Å². The largest absolute Gasteiger partial charge is 0.469 e. The van der Waals surface area contributed by atoms with Gasteiger partial charge in [0, 0.05) is 19.7 Å². The molecule has 0 N–H and O–H groups in total. The van der Waals surface area contributed by atoms with Gasteiger partial charge in [-0.15, -0.1) is 0 Å². The van der Waals surface area contributed by atoms with Crippen LogP contribution in [0.15, 0.2) is 0 Å². The average molecular weight is 512 g/mol. The van der Waals surface area contributed by atoms with Crippen molar-refractivity contribution in [2.45, 2.75) is 117 Å². The zero-order valence-corrected chi connectivity index (χ0v) is 25.1. The Kier molecular flexibility index (Phi) is 10.7. The van der Waals surface area contributed by atoms with Crippen LogP contribution in [0.4, 0.5) is 4.79 Å². The summed E-state index contributed by atoms with van der Waals surface area (Å²) in [6.45, 7) is 19.7. The SMILES string of the molecule is COC(=O)C1CCC(CN(CC2CCC(CO[Si](C)(C)C(C)(C)C)CC2)C(=O)OC(C)(C)C)CC1. The molecule has 2 rings (SSSR count). The molecule has 35 heavy (non-hydrogen) atoms. The van der Waals surface area contributed by atoms with Crippen LogP contribution in [0.3, 0.4) is 0 Å². The van der Waals surface area contributed by atoms with Crippen LogP contribution in [-0.2, 0) is 18.7 Å². The van der Waals surface area contributed by atoms with Crippen molar-refractivity contribution in [3.05, 3.63) is 0 Å². The third-order valence-electron chi connectivity index (χ3n) is 8.44. The van der Waals surface area contributed by atoms with Crippen molar-refractivity contribution in [1.29, 1.82) is 0 Å². The van der Waals surface area contributed by atoms with E-state index < -0.39 is 13.9 Å². The molecule has 0 aliphatic heterocycles. The van der Waals surface area contributed by atoms with Crippen LogP contribution in [0.2, 0.25) is 18.1 Å². The maximum Gasteiger partial charge on any atom is 0.410 e. The Labute approximate surface area is 216 Å². The lowest BCUT2D eigenvalue weighted by molar-refractivity contribution is -0.146. The second kappa shape index (κ2) is 12.4. The van der Waals surface area contributed by atoms with Crippen LogP contribution >= 0.6 is 0 Å². The highest BCUT2D eigenvalue weighted by Gasteiger charge is 2.38. The van der Waals surface area contributed by atoms with E-state index in [1.807, 2.05) is 25.7 Å². The van der Waals surface area contributed by atoms with Gasteiger partial charge in [-0.2, -0.15) is 0 Å². The molecule has 2 fully saturated rings. The lowest BCUT2D eigenvalue weighted by Crippen LogP contribution is -2.44. The summed E-state index contributed by atoms with van der Waals surface area (Å²) in [7, 11) is -0.243. The summed E-state index contributed by atoms with van der Waals surface area (Å²) in [5.41, 5.74) is -0.503. The fourth-order valence-corrected chi connectivity index (χ4v) is 6.13. The van der Waals surface area contributed by atoms with E-state index in [1.54, 1.807) is 0 Å². The Bertz CT molecular complexity index is 680. The number of rotatable bonds is 8. The van der Waals surface area contributed by atoms with E-state index in [9.17, 15) is 9.59 Å². The van der Waals surface area contributed by atoms with E-state index >= 15 is 0 Å². The van der Waals surface area contributed by atoms with Gasteiger partial charge in [-0.3, -0.25) is 4.79 Å². The molecule has 0 aromatic carbocycles. The molecule has 2 aliphatic carbocycles. The summed E-state index contributed by atoms with van der Waals surface area (Å²) in [5.74, 6) is 1.47. The second-order valence-electron chi connectivity index (χ2n) is 13.6. The molecule has 7 heteroatoms. The topological polar surface area (TPSA) is 65.1 Å². The van der Waals surface area contributed by atoms with Crippen LogP contribution in [0, 0.1) is 23.7 Å². The fourth-order valence-electron chi connectivity index (χ4n) is 5.04. The van der Waals surface area contributed by atoms with Crippen molar-refractivity contribution < 1.29 is 23.5 Å². The molecule has 0 bridgehead atoms. The predicted molar refractivity (Wildman–Crippen MR) is 144 cm³/mol. The van der Waals surface area contributed by atoms with Gasteiger partial charge in [0.15, 0.2) is 8.32 Å². The van der Waals surface area contributed by atoms with Gasteiger partial charge in [0.25, 0.3) is 0 Å². The fraction of sp³-hybridized carbons (Fsp3) is 0.929. The zero-order chi connectivity index (χ0) is 26.4. The van der Waals surface area contributed by atoms with Crippen LogP contribution in [0.5, 0.6) is 0 Å². The van der Waals surface area contributed by atoms with Gasteiger partial charge >= 0.3 is 12.1 Å². The van der Waals surface area contributed by atoms with E-state index in [-0.39, 0.29) is 23.0 Å². The number of methoxy groups -OCH3 is 1. The van der Waals surface area contributed by atoms with E-state index in [0.717, 1.165) is 58.2 Å². The third kappa shape index (κ3) is 9.71. The summed E-state index contributed by atoms with van der Waals surface area (Å²) < 4.78 is 17.2. The standard InChI is InChI=1S/C28H53NO5Si/c1-27(2,3)34-26(31)29(19-22-14-16-24(17-15-22)25(30)32-7)18-21-10-12-23(13-11-21)20-33-35(8,9)28(4,5)6/h21-24H,10-20H2,1-9H3. The van der Waals surface area contributed by atoms with Gasteiger partial charge < -0.3 is 18.8 Å². The van der Waals surface area contributed by atoms with Crippen LogP contribution in [0.25, 0.3) is 0 Å². The molecule has 0 aromatic rings. The van der Waals surface area contributed by atoms with Crippen molar-refractivity contribution in [3.8, 4) is 0 Å². The molecular weight excluding hydrogens is 458 g/mol. The van der Waals surface area contributed by atoms with Gasteiger partial charge in [-0.05, 0) is 108 Å². The van der Waals surface area contributed by atoms with Crippen LogP contribution < -0.4 is 0 Å². The number of carbonyl (C=O) groups excluding carboxylic acids is 2. The Hall–Kier alpha value is -1.08. The lowest BCUT2D eigenvalue weighted by atomic mass is 9.80. The molecule has 2 aliphatic rings. The molecule has 1 amide bonds. The van der Waals surface area contributed by atoms with E-state index in [4.69, 9.17) is 13.9 Å². The zero-order valence-electron chi connectivity index (χ0n) is 24.1. The molecule has 204 valence electrons. The number of esters is 1. The molecule has 6 nitrogen and oxygen atoms in total. The first-order chi connectivity index (χ1) is 16.1. The number of hydrogen-bond acceptors (Lipinski definition) is 5. The van der Waals surface area contributed by atoms with Crippen molar-refractivity contribution in [2.24, 2.45) is 23.7 Å². The summed E-state index contributed by atoms with van der Waals surface area (Å²) in [6.07, 6.45) is 8.03. The van der Waals surface area contributed by atoms with Gasteiger partial charge in [0.05, 0.1) is 13.0 Å². The molecule has 0 spiro atoms. The Morgan fingerprint density at radius 3 is 1.69 bits per heavy atom. The predicted octanol–water partition coefficient (Wildman–Crippen LogP) is 7.03. The van der Waals surface area contributed by atoms with Crippen molar-refractivity contribution in [1.82, 2.24) is 4.90 Å². The van der Waals surface area contributed by atoms with E-state index in [0.29, 0.717) is 17.8 Å². The highest BCUT2D eigenvalue weighted by Crippen LogP contribution is 2.38. The van der Waals surface area contributed by atoms with Gasteiger partial charge in [0.2, 0.25) is 0 Å². The molecule has 2 saturated carbocycles. The second-order valence-corrected chi connectivity index (χ2v) is 18.4. The molecule has 0 saturated heterocycles. The first-order valence-corrected chi connectivity index (χ1v) is 16.7. The summed E-state index contributed by atoms with van der Waals surface area (Å²) in [6, 6.07) is 0. The number of nitrogens with zero attached hydrogens (tertiary/aromatic N) is 1. The third-order valence-corrected chi connectivity index (χ3v) is 12.9. The molecule has 0 radical (unpaired) electrons.